The number of unbranched alkanes of at least 4 members (excludes halogenated alkanes) is 5. The Morgan fingerprint density at radius 2 is 1.44 bits per heavy atom. The zero-order valence-corrected chi connectivity index (χ0v) is 25.2. The van der Waals surface area contributed by atoms with Crippen molar-refractivity contribution in [1.29, 1.82) is 0 Å². The molecule has 2 saturated heterocycles. The molecule has 4 atom stereocenters. The lowest BCUT2D eigenvalue weighted by Gasteiger charge is -2.30. The third kappa shape index (κ3) is 12.1. The first-order valence-electron chi connectivity index (χ1n) is 16.4. The molecule has 41 heavy (non-hydrogen) atoms. The van der Waals surface area contributed by atoms with Crippen LogP contribution >= 0.6 is 0 Å². The van der Waals surface area contributed by atoms with Crippen LogP contribution < -0.4 is 5.73 Å². The summed E-state index contributed by atoms with van der Waals surface area (Å²) in [5.41, 5.74) is 7.72. The number of aromatic nitrogens is 3. The van der Waals surface area contributed by atoms with E-state index in [2.05, 4.69) is 40.8 Å². The number of nitrogens with two attached hydrogens (primary N) is 1. The van der Waals surface area contributed by atoms with Gasteiger partial charge in [0.05, 0.1) is 25.0 Å². The summed E-state index contributed by atoms with van der Waals surface area (Å²) in [6.45, 7) is 4.01. The summed E-state index contributed by atoms with van der Waals surface area (Å²) in [5, 5.41) is 8.99. The molecule has 1 aromatic carbocycles. The lowest BCUT2D eigenvalue weighted by molar-refractivity contribution is -0.0993. The molecule has 0 amide bonds. The summed E-state index contributed by atoms with van der Waals surface area (Å²) in [6.07, 6.45) is 20.6. The van der Waals surface area contributed by atoms with Crippen molar-refractivity contribution in [3.8, 4) is 0 Å². The smallest absolute Gasteiger partial charge is 0.152 e. The van der Waals surface area contributed by atoms with Crippen LogP contribution in [-0.4, -0.2) is 53.6 Å². The van der Waals surface area contributed by atoms with E-state index in [1.165, 1.54) is 31.2 Å². The van der Waals surface area contributed by atoms with Crippen molar-refractivity contribution in [3.63, 3.8) is 0 Å². The highest BCUT2D eigenvalue weighted by molar-refractivity contribution is 5.13. The van der Waals surface area contributed by atoms with Crippen LogP contribution in [0, 0.1) is 0 Å². The van der Waals surface area contributed by atoms with Crippen molar-refractivity contribution in [3.05, 3.63) is 47.8 Å². The molecule has 2 aromatic rings. The first-order chi connectivity index (χ1) is 20.3. The van der Waals surface area contributed by atoms with Gasteiger partial charge in [-0.05, 0) is 102 Å². The van der Waals surface area contributed by atoms with Gasteiger partial charge in [0.2, 0.25) is 0 Å². The summed E-state index contributed by atoms with van der Waals surface area (Å²) >= 11 is 0. The van der Waals surface area contributed by atoms with E-state index in [1.54, 1.807) is 0 Å². The molecule has 230 valence electrons. The summed E-state index contributed by atoms with van der Waals surface area (Å²) in [4.78, 5) is 0. The molecule has 2 fully saturated rings. The maximum Gasteiger partial charge on any atom is 0.152 e. The maximum atomic E-state index is 6.47. The summed E-state index contributed by atoms with van der Waals surface area (Å²) < 4.78 is 26.5. The van der Waals surface area contributed by atoms with Gasteiger partial charge in [-0.15, -0.1) is 5.10 Å². The Morgan fingerprint density at radius 3 is 2.22 bits per heavy atom. The minimum Gasteiger partial charge on any atom is -0.381 e. The minimum absolute atomic E-state index is 0.0185. The molecule has 0 saturated carbocycles. The van der Waals surface area contributed by atoms with Crippen LogP contribution in [0.15, 0.2) is 36.5 Å². The lowest BCUT2D eigenvalue weighted by atomic mass is 9.99. The van der Waals surface area contributed by atoms with E-state index >= 15 is 0 Å². The molecule has 8 heteroatoms. The van der Waals surface area contributed by atoms with E-state index < -0.39 is 0 Å². The largest absolute Gasteiger partial charge is 0.381 e. The van der Waals surface area contributed by atoms with Crippen molar-refractivity contribution >= 4 is 0 Å². The Balaban J connectivity index is 1.08. The molecule has 0 aliphatic carbocycles. The molecule has 2 N–H and O–H groups in total. The van der Waals surface area contributed by atoms with Gasteiger partial charge < -0.3 is 24.7 Å². The predicted octanol–water partition coefficient (Wildman–Crippen LogP) is 7.05. The fourth-order valence-electron chi connectivity index (χ4n) is 5.91. The number of hydrogen-bond acceptors (Lipinski definition) is 7. The van der Waals surface area contributed by atoms with Gasteiger partial charge in [0.25, 0.3) is 0 Å². The number of ether oxygens (including phenoxy) is 4. The van der Waals surface area contributed by atoms with E-state index in [-0.39, 0.29) is 12.3 Å². The van der Waals surface area contributed by atoms with Gasteiger partial charge in [-0.1, -0.05) is 48.4 Å². The summed E-state index contributed by atoms with van der Waals surface area (Å²) in [5.74, 6) is 0. The van der Waals surface area contributed by atoms with Crippen LogP contribution in [-0.2, 0) is 25.6 Å². The molecule has 1 aromatic heterocycles. The van der Waals surface area contributed by atoms with E-state index in [0.717, 1.165) is 109 Å². The Labute approximate surface area is 247 Å². The summed E-state index contributed by atoms with van der Waals surface area (Å²) in [7, 11) is 0. The number of hydrogen-bond donors (Lipinski definition) is 1. The standard InChI is InChI=1S/C33H54N4O4/c34-22-8-1-2-9-23-38-24-10-6-17-30-19-13-21-33(41-30)37-26-31(35-36-37)32-20-12-18-29(40-32)16-7-11-25-39-27-28-14-4-3-5-15-28/h3-5,14-15,26,29-30,32-33H,1-2,6-13,16-25,27,34H2/t29-,30+,32-,33+/m1/s1. The normalized spacial score (nSPS) is 23.1. The predicted molar refractivity (Wildman–Crippen MR) is 161 cm³/mol. The second-order valence-electron chi connectivity index (χ2n) is 11.8. The van der Waals surface area contributed by atoms with Gasteiger partial charge >= 0.3 is 0 Å². The van der Waals surface area contributed by atoms with Gasteiger partial charge in [0.1, 0.15) is 11.8 Å². The Morgan fingerprint density at radius 1 is 0.756 bits per heavy atom. The van der Waals surface area contributed by atoms with Crippen LogP contribution in [0.25, 0.3) is 0 Å². The van der Waals surface area contributed by atoms with Crippen molar-refractivity contribution in [2.24, 2.45) is 5.73 Å². The average molecular weight is 571 g/mol. The second-order valence-corrected chi connectivity index (χ2v) is 11.8. The molecule has 0 unspecified atom stereocenters. The van der Waals surface area contributed by atoms with Gasteiger partial charge in [-0.2, -0.15) is 0 Å². The first kappa shape index (κ1) is 32.1. The van der Waals surface area contributed by atoms with Crippen LogP contribution in [0.4, 0.5) is 0 Å². The average Bonchev–Trinajstić information content (AvgIpc) is 3.51. The number of benzene rings is 1. The monoisotopic (exact) mass is 570 g/mol. The molecule has 0 spiro atoms. The zero-order valence-electron chi connectivity index (χ0n) is 25.2. The molecular weight excluding hydrogens is 516 g/mol. The number of nitrogens with zero attached hydrogens (tertiary/aromatic N) is 3. The summed E-state index contributed by atoms with van der Waals surface area (Å²) in [6, 6.07) is 10.4. The Bertz CT molecular complexity index is 927. The van der Waals surface area contributed by atoms with Crippen molar-refractivity contribution in [2.75, 3.05) is 26.4 Å². The highest BCUT2D eigenvalue weighted by Crippen LogP contribution is 2.34. The van der Waals surface area contributed by atoms with Crippen molar-refractivity contribution in [1.82, 2.24) is 15.0 Å². The highest BCUT2D eigenvalue weighted by Gasteiger charge is 2.28. The second kappa shape index (κ2) is 19.4. The number of rotatable bonds is 20. The molecule has 0 bridgehead atoms. The molecule has 4 rings (SSSR count). The molecule has 0 radical (unpaired) electrons. The van der Waals surface area contributed by atoms with Crippen LogP contribution in [0.1, 0.15) is 126 Å². The molecular formula is C33H54N4O4. The van der Waals surface area contributed by atoms with E-state index in [0.29, 0.717) is 18.8 Å². The third-order valence-electron chi connectivity index (χ3n) is 8.31. The first-order valence-corrected chi connectivity index (χ1v) is 16.4. The molecule has 2 aliphatic rings. The van der Waals surface area contributed by atoms with Crippen molar-refractivity contribution in [2.45, 2.75) is 134 Å². The van der Waals surface area contributed by atoms with Crippen LogP contribution in [0.3, 0.4) is 0 Å². The van der Waals surface area contributed by atoms with Gasteiger partial charge in [-0.25, -0.2) is 4.68 Å². The lowest BCUT2D eigenvalue weighted by Crippen LogP contribution is -2.26. The SMILES string of the molecule is NCCCCCCOCCCC[C@H]1CCC[C@@H](n2cc([C@H]3CCC[C@@H](CCCCOCc4ccccc4)O3)nn2)O1. The van der Waals surface area contributed by atoms with Crippen LogP contribution in [0.5, 0.6) is 0 Å². The Kier molecular flexibility index (Phi) is 15.2. The highest BCUT2D eigenvalue weighted by atomic mass is 16.5. The molecule has 8 nitrogen and oxygen atoms in total. The molecule has 3 heterocycles. The zero-order chi connectivity index (χ0) is 28.4. The topological polar surface area (TPSA) is 93.7 Å². The van der Waals surface area contributed by atoms with E-state index in [9.17, 15) is 0 Å². The fourth-order valence-corrected chi connectivity index (χ4v) is 5.91. The van der Waals surface area contributed by atoms with E-state index in [1.807, 2.05) is 10.7 Å². The van der Waals surface area contributed by atoms with E-state index in [4.69, 9.17) is 24.7 Å². The van der Waals surface area contributed by atoms with Crippen molar-refractivity contribution < 1.29 is 18.9 Å². The maximum absolute atomic E-state index is 6.47. The van der Waals surface area contributed by atoms with Gasteiger partial charge in [-0.3, -0.25) is 0 Å². The minimum atomic E-state index is -0.0185. The fraction of sp³-hybridized carbons (Fsp3) is 0.758. The Hall–Kier alpha value is -1.84. The third-order valence-corrected chi connectivity index (χ3v) is 8.31. The quantitative estimate of drug-likeness (QED) is 0.171. The molecule has 2 aliphatic heterocycles. The van der Waals surface area contributed by atoms with Crippen LogP contribution in [0.2, 0.25) is 0 Å². The van der Waals surface area contributed by atoms with Gasteiger partial charge in [0, 0.05) is 19.8 Å². The van der Waals surface area contributed by atoms with Gasteiger partial charge in [0.15, 0.2) is 6.23 Å².